The molecular formula is C19H24Cl2NOPTi. The zero-order valence-corrected chi connectivity index (χ0v) is 18.7. The SMILES string of the molecule is Cc1ccc(O)c(Pc2c(C)cccc2N2CCCCC2)c1.[Cl][Ti][Cl]. The number of hydrogen-bond donors (Lipinski definition) is 1. The Hall–Kier alpha value is -0.236. The summed E-state index contributed by atoms with van der Waals surface area (Å²) in [6.45, 7) is 6.57. The maximum atomic E-state index is 10.2. The van der Waals surface area contributed by atoms with E-state index in [1.54, 1.807) is 0 Å². The molecule has 2 aromatic carbocycles. The Morgan fingerprint density at radius 1 is 1.04 bits per heavy atom. The van der Waals surface area contributed by atoms with Crippen LogP contribution in [-0.2, 0) is 17.0 Å². The van der Waals surface area contributed by atoms with E-state index in [4.69, 9.17) is 18.6 Å². The molecule has 1 fully saturated rings. The first-order chi connectivity index (χ1) is 12.1. The van der Waals surface area contributed by atoms with Crippen LogP contribution in [0.1, 0.15) is 30.4 Å². The quantitative estimate of drug-likeness (QED) is 0.545. The third-order valence-electron chi connectivity index (χ3n) is 4.36. The molecule has 0 bridgehead atoms. The van der Waals surface area contributed by atoms with Crippen LogP contribution in [0, 0.1) is 13.8 Å². The average Bonchev–Trinajstić information content (AvgIpc) is 2.61. The van der Waals surface area contributed by atoms with E-state index in [9.17, 15) is 5.11 Å². The van der Waals surface area contributed by atoms with Crippen molar-refractivity contribution in [2.45, 2.75) is 33.1 Å². The van der Waals surface area contributed by atoms with E-state index in [2.05, 4.69) is 43.0 Å². The molecule has 0 radical (unpaired) electrons. The fraction of sp³-hybridized carbons (Fsp3) is 0.368. The zero-order chi connectivity index (χ0) is 18.2. The second-order valence-corrected chi connectivity index (χ2v) is 10.1. The predicted molar refractivity (Wildman–Crippen MR) is 109 cm³/mol. The third-order valence-corrected chi connectivity index (χ3v) is 5.93. The number of nitrogens with zero attached hydrogens (tertiary/aromatic N) is 1. The van der Waals surface area contributed by atoms with Crippen LogP contribution < -0.4 is 15.5 Å². The van der Waals surface area contributed by atoms with E-state index >= 15 is 0 Å². The topological polar surface area (TPSA) is 23.5 Å². The van der Waals surface area contributed by atoms with Gasteiger partial charge in [-0.2, -0.15) is 0 Å². The molecule has 25 heavy (non-hydrogen) atoms. The first kappa shape index (κ1) is 21.1. The standard InChI is InChI=1S/C19H24NOP.2ClH.Ti/c1-14-9-10-17(21)18(13-14)22-19-15(2)7-6-8-16(19)20-11-4-3-5-12-20;;;/h6-10,13,21-22H,3-5,11-12H2,1-2H3;2*1H;/q;;;+2/p-2. The fourth-order valence-corrected chi connectivity index (χ4v) is 4.53. The van der Waals surface area contributed by atoms with Gasteiger partial charge in [0.1, 0.15) is 5.75 Å². The van der Waals surface area contributed by atoms with Crippen LogP contribution in [0.15, 0.2) is 36.4 Å². The Morgan fingerprint density at radius 3 is 2.40 bits per heavy atom. The van der Waals surface area contributed by atoms with Crippen molar-refractivity contribution in [3.05, 3.63) is 47.5 Å². The van der Waals surface area contributed by atoms with Crippen molar-refractivity contribution in [1.82, 2.24) is 0 Å². The summed E-state index contributed by atoms with van der Waals surface area (Å²) >= 11 is -0.556. The summed E-state index contributed by atoms with van der Waals surface area (Å²) in [7, 11) is 10.3. The van der Waals surface area contributed by atoms with Crippen LogP contribution in [-0.4, -0.2) is 18.2 Å². The Kier molecular flexibility index (Phi) is 9.10. The maximum absolute atomic E-state index is 10.2. The first-order valence-corrected chi connectivity index (χ1v) is 13.7. The number of halogens is 2. The molecule has 134 valence electrons. The number of phenolic OH excluding ortho intramolecular Hbond substituents is 1. The van der Waals surface area contributed by atoms with Crippen LogP contribution in [0.3, 0.4) is 0 Å². The van der Waals surface area contributed by atoms with Crippen LogP contribution in [0.4, 0.5) is 5.69 Å². The number of aromatic hydroxyl groups is 1. The molecule has 0 saturated carbocycles. The summed E-state index contributed by atoms with van der Waals surface area (Å²) in [5.41, 5.74) is 3.88. The summed E-state index contributed by atoms with van der Waals surface area (Å²) in [5, 5.41) is 12.6. The van der Waals surface area contributed by atoms with Crippen molar-refractivity contribution in [2.24, 2.45) is 0 Å². The molecule has 2 aromatic rings. The molecule has 6 heteroatoms. The molecule has 1 unspecified atom stereocenters. The molecule has 0 amide bonds. The van der Waals surface area contributed by atoms with Crippen LogP contribution >= 0.6 is 27.2 Å². The number of aryl methyl sites for hydroxylation is 2. The van der Waals surface area contributed by atoms with E-state index in [1.165, 1.54) is 41.4 Å². The van der Waals surface area contributed by atoms with Gasteiger partial charge in [0.25, 0.3) is 0 Å². The number of rotatable bonds is 3. The van der Waals surface area contributed by atoms with Gasteiger partial charge in [0, 0.05) is 29.4 Å². The fourth-order valence-electron chi connectivity index (χ4n) is 3.10. The molecule has 1 aliphatic rings. The Bertz CT molecular complexity index is 693. The molecule has 1 aliphatic heterocycles. The summed E-state index contributed by atoms with van der Waals surface area (Å²) in [5.74, 6) is 0.414. The van der Waals surface area contributed by atoms with Crippen molar-refractivity contribution in [1.29, 1.82) is 0 Å². The van der Waals surface area contributed by atoms with Gasteiger partial charge < -0.3 is 10.0 Å². The number of hydrogen-bond acceptors (Lipinski definition) is 2. The van der Waals surface area contributed by atoms with Crippen LogP contribution in [0.2, 0.25) is 0 Å². The van der Waals surface area contributed by atoms with Gasteiger partial charge in [-0.05, 0) is 56.9 Å². The zero-order valence-electron chi connectivity index (χ0n) is 14.6. The van der Waals surface area contributed by atoms with Crippen LogP contribution in [0.25, 0.3) is 0 Å². The van der Waals surface area contributed by atoms with Gasteiger partial charge in [-0.1, -0.05) is 32.3 Å². The second kappa shape index (κ2) is 10.8. The minimum absolute atomic E-state index is 0.414. The van der Waals surface area contributed by atoms with Gasteiger partial charge in [-0.3, -0.25) is 0 Å². The first-order valence-electron chi connectivity index (χ1n) is 8.44. The molecule has 0 aliphatic carbocycles. The average molecular weight is 432 g/mol. The van der Waals surface area contributed by atoms with E-state index in [-0.39, 0.29) is 0 Å². The van der Waals surface area contributed by atoms with Crippen molar-refractivity contribution >= 4 is 43.5 Å². The number of phenols is 1. The Morgan fingerprint density at radius 2 is 1.72 bits per heavy atom. The molecule has 2 nitrogen and oxygen atoms in total. The molecule has 1 saturated heterocycles. The van der Waals surface area contributed by atoms with Gasteiger partial charge in [-0.15, -0.1) is 0 Å². The van der Waals surface area contributed by atoms with Crippen molar-refractivity contribution in [3.8, 4) is 5.75 Å². The van der Waals surface area contributed by atoms with Gasteiger partial charge in [0.2, 0.25) is 0 Å². The van der Waals surface area contributed by atoms with E-state index < -0.39 is 17.0 Å². The number of benzene rings is 2. The number of piperidine rings is 1. The third kappa shape index (κ3) is 6.16. The molecule has 0 spiro atoms. The summed E-state index contributed by atoms with van der Waals surface area (Å²) in [6, 6.07) is 12.5. The molecular weight excluding hydrogens is 408 g/mol. The molecule has 1 heterocycles. The molecule has 3 rings (SSSR count). The van der Waals surface area contributed by atoms with Crippen molar-refractivity contribution in [2.75, 3.05) is 18.0 Å². The van der Waals surface area contributed by atoms with E-state index in [1.807, 2.05) is 12.1 Å². The number of anilines is 1. The normalized spacial score (nSPS) is 14.3. The van der Waals surface area contributed by atoms with E-state index in [0.29, 0.717) is 14.3 Å². The Balaban J connectivity index is 0.000000701. The van der Waals surface area contributed by atoms with Gasteiger partial charge in [0.05, 0.1) is 0 Å². The molecule has 1 N–H and O–H groups in total. The summed E-state index contributed by atoms with van der Waals surface area (Å²) < 4.78 is 0. The van der Waals surface area contributed by atoms with E-state index in [0.717, 1.165) is 18.4 Å². The van der Waals surface area contributed by atoms with Gasteiger partial charge in [-0.25, -0.2) is 0 Å². The summed E-state index contributed by atoms with van der Waals surface area (Å²) in [6.07, 6.45) is 3.91. The minimum atomic E-state index is -0.556. The molecule has 0 aromatic heterocycles. The molecule has 1 atom stereocenters. The monoisotopic (exact) mass is 431 g/mol. The predicted octanol–water partition coefficient (Wildman–Crippen LogP) is 5.01. The van der Waals surface area contributed by atoms with Crippen molar-refractivity contribution < 1.29 is 22.1 Å². The van der Waals surface area contributed by atoms with Crippen molar-refractivity contribution in [3.63, 3.8) is 0 Å². The van der Waals surface area contributed by atoms with Crippen LogP contribution in [0.5, 0.6) is 5.75 Å². The van der Waals surface area contributed by atoms with Gasteiger partial charge in [0.15, 0.2) is 0 Å². The second-order valence-electron chi connectivity index (χ2n) is 6.23. The van der Waals surface area contributed by atoms with Gasteiger partial charge >= 0.3 is 35.6 Å². The Labute approximate surface area is 169 Å². The summed E-state index contributed by atoms with van der Waals surface area (Å²) in [4.78, 5) is 2.52.